The number of hydrogen-bond donors (Lipinski definition) is 1. The highest BCUT2D eigenvalue weighted by atomic mass is 19.1. The second kappa shape index (κ2) is 4.14. The van der Waals surface area contributed by atoms with Gasteiger partial charge in [0.2, 0.25) is 0 Å². The van der Waals surface area contributed by atoms with Crippen LogP contribution in [0, 0.1) is 12.7 Å². The third-order valence-electron chi connectivity index (χ3n) is 2.12. The van der Waals surface area contributed by atoms with Gasteiger partial charge in [-0.2, -0.15) is 0 Å². The summed E-state index contributed by atoms with van der Waals surface area (Å²) in [6, 6.07) is 2.92. The Hall–Kier alpha value is -2.17. The summed E-state index contributed by atoms with van der Waals surface area (Å²) >= 11 is 0. The maximum Gasteiger partial charge on any atom is 0.259 e. The summed E-state index contributed by atoms with van der Waals surface area (Å²) in [7, 11) is 0. The van der Waals surface area contributed by atoms with Gasteiger partial charge in [-0.1, -0.05) is 0 Å². The Bertz CT molecular complexity index is 522. The number of halogens is 1. The van der Waals surface area contributed by atoms with Crippen molar-refractivity contribution >= 4 is 11.6 Å². The van der Waals surface area contributed by atoms with Crippen LogP contribution < -0.4 is 5.32 Å². The number of amides is 1. The Balaban J connectivity index is 2.21. The minimum Gasteiger partial charge on any atom is -0.469 e. The first-order chi connectivity index (χ1) is 7.68. The molecule has 1 N–H and O–H groups in total. The third-order valence-corrected chi connectivity index (χ3v) is 2.12. The molecular weight excluding hydrogens is 211 g/mol. The first kappa shape index (κ1) is 10.4. The van der Waals surface area contributed by atoms with E-state index in [9.17, 15) is 9.18 Å². The van der Waals surface area contributed by atoms with E-state index in [2.05, 4.69) is 10.3 Å². The number of hydrogen-bond acceptors (Lipinski definition) is 3. The van der Waals surface area contributed by atoms with Crippen LogP contribution in [0.1, 0.15) is 16.1 Å². The van der Waals surface area contributed by atoms with Crippen LogP contribution in [0.4, 0.5) is 10.1 Å². The molecule has 0 saturated carbocycles. The van der Waals surface area contributed by atoms with Crippen LogP contribution in [0.2, 0.25) is 0 Å². The van der Waals surface area contributed by atoms with E-state index in [1.54, 1.807) is 6.92 Å². The monoisotopic (exact) mass is 220 g/mol. The molecule has 2 heterocycles. The number of furan rings is 1. The molecule has 0 fully saturated rings. The Morgan fingerprint density at radius 3 is 2.94 bits per heavy atom. The highest BCUT2D eigenvalue weighted by Gasteiger charge is 2.13. The number of aryl methyl sites for hydroxylation is 1. The molecule has 0 aromatic carbocycles. The van der Waals surface area contributed by atoms with Crippen molar-refractivity contribution in [2.45, 2.75) is 6.92 Å². The molecule has 0 unspecified atom stereocenters. The van der Waals surface area contributed by atoms with Gasteiger partial charge >= 0.3 is 0 Å². The average Bonchev–Trinajstić information content (AvgIpc) is 2.68. The Morgan fingerprint density at radius 2 is 2.31 bits per heavy atom. The molecule has 0 radical (unpaired) electrons. The molecule has 0 spiro atoms. The molecule has 0 aliphatic carbocycles. The Morgan fingerprint density at radius 1 is 1.50 bits per heavy atom. The maximum atomic E-state index is 13.2. The molecule has 2 aromatic heterocycles. The summed E-state index contributed by atoms with van der Waals surface area (Å²) in [6.07, 6.45) is 3.85. The van der Waals surface area contributed by atoms with Gasteiger partial charge in [0.25, 0.3) is 5.91 Å². The lowest BCUT2D eigenvalue weighted by Crippen LogP contribution is -2.13. The van der Waals surface area contributed by atoms with Crippen molar-refractivity contribution in [3.8, 4) is 0 Å². The molecule has 82 valence electrons. The second-order valence-electron chi connectivity index (χ2n) is 3.20. The molecule has 0 aliphatic rings. The van der Waals surface area contributed by atoms with Crippen LogP contribution in [-0.4, -0.2) is 10.9 Å². The maximum absolute atomic E-state index is 13.2. The molecule has 2 aromatic rings. The summed E-state index contributed by atoms with van der Waals surface area (Å²) in [6.45, 7) is 1.66. The van der Waals surface area contributed by atoms with Crippen LogP contribution in [0.3, 0.4) is 0 Å². The van der Waals surface area contributed by atoms with E-state index >= 15 is 0 Å². The molecule has 4 nitrogen and oxygen atoms in total. The quantitative estimate of drug-likeness (QED) is 0.845. The summed E-state index contributed by atoms with van der Waals surface area (Å²) in [5.41, 5.74) is 0.483. The van der Waals surface area contributed by atoms with Crippen molar-refractivity contribution in [2.24, 2.45) is 0 Å². The molecule has 1 amide bonds. The Labute approximate surface area is 91.1 Å². The zero-order valence-electron chi connectivity index (χ0n) is 8.53. The van der Waals surface area contributed by atoms with Gasteiger partial charge < -0.3 is 9.73 Å². The van der Waals surface area contributed by atoms with Crippen molar-refractivity contribution in [1.29, 1.82) is 0 Å². The average molecular weight is 220 g/mol. The molecule has 0 saturated heterocycles. The smallest absolute Gasteiger partial charge is 0.259 e. The molecule has 2 rings (SSSR count). The van der Waals surface area contributed by atoms with E-state index in [0.717, 1.165) is 6.20 Å². The fraction of sp³-hybridized carbons (Fsp3) is 0.0909. The molecule has 0 aliphatic heterocycles. The van der Waals surface area contributed by atoms with Gasteiger partial charge in [0, 0.05) is 6.20 Å². The van der Waals surface area contributed by atoms with Crippen molar-refractivity contribution < 1.29 is 13.6 Å². The highest BCUT2D eigenvalue weighted by Crippen LogP contribution is 2.15. The number of nitrogens with one attached hydrogen (secondary N) is 1. The topological polar surface area (TPSA) is 55.1 Å². The third kappa shape index (κ3) is 1.93. The second-order valence-corrected chi connectivity index (χ2v) is 3.20. The molecular formula is C11H9FN2O2. The zero-order valence-corrected chi connectivity index (χ0v) is 8.53. The molecule has 0 bridgehead atoms. The van der Waals surface area contributed by atoms with Crippen LogP contribution >= 0.6 is 0 Å². The number of rotatable bonds is 2. The predicted molar refractivity (Wildman–Crippen MR) is 55.6 cm³/mol. The minimum absolute atomic E-state index is 0.0978. The van der Waals surface area contributed by atoms with Gasteiger partial charge in [-0.05, 0) is 19.1 Å². The van der Waals surface area contributed by atoms with E-state index in [1.165, 1.54) is 24.6 Å². The highest BCUT2D eigenvalue weighted by molar-refractivity contribution is 6.04. The molecule has 5 heteroatoms. The van der Waals surface area contributed by atoms with E-state index < -0.39 is 11.7 Å². The fourth-order valence-electron chi connectivity index (χ4n) is 1.29. The normalized spacial score (nSPS) is 10.1. The number of anilines is 1. The fourth-order valence-corrected chi connectivity index (χ4v) is 1.29. The van der Waals surface area contributed by atoms with Crippen molar-refractivity contribution in [3.05, 3.63) is 47.9 Å². The molecule has 16 heavy (non-hydrogen) atoms. The minimum atomic E-state index is -0.572. The number of carbonyl (C=O) groups is 1. The zero-order chi connectivity index (χ0) is 11.5. The molecule has 0 atom stereocenters. The van der Waals surface area contributed by atoms with Gasteiger partial charge in [-0.15, -0.1) is 0 Å². The lowest BCUT2D eigenvalue weighted by Gasteiger charge is -2.04. The van der Waals surface area contributed by atoms with E-state index in [4.69, 9.17) is 4.42 Å². The summed E-state index contributed by atoms with van der Waals surface area (Å²) in [5, 5.41) is 2.44. The van der Waals surface area contributed by atoms with Gasteiger partial charge in [-0.25, -0.2) is 4.39 Å². The summed E-state index contributed by atoms with van der Waals surface area (Å²) < 4.78 is 18.2. The van der Waals surface area contributed by atoms with Crippen LogP contribution in [0.15, 0.2) is 35.2 Å². The van der Waals surface area contributed by atoms with E-state index in [1.807, 2.05) is 0 Å². The van der Waals surface area contributed by atoms with Crippen LogP contribution in [-0.2, 0) is 0 Å². The summed E-state index contributed by atoms with van der Waals surface area (Å²) in [5.74, 6) is -0.486. The predicted octanol–water partition coefficient (Wildman–Crippen LogP) is 2.37. The van der Waals surface area contributed by atoms with Crippen molar-refractivity contribution in [3.63, 3.8) is 0 Å². The first-order valence-corrected chi connectivity index (χ1v) is 4.63. The summed E-state index contributed by atoms with van der Waals surface area (Å²) in [4.78, 5) is 15.3. The number of nitrogens with zero attached hydrogens (tertiary/aromatic N) is 1. The van der Waals surface area contributed by atoms with E-state index in [-0.39, 0.29) is 5.69 Å². The standard InChI is InChI=1S/C11H9FN2O2/c1-7-8(3-5-16-7)11(15)14-10-2-4-13-6-9(10)12/h2-6H,1H3,(H,13,14,15). The Kier molecular flexibility index (Phi) is 2.68. The lowest BCUT2D eigenvalue weighted by atomic mass is 10.2. The SMILES string of the molecule is Cc1occc1C(=O)Nc1ccncc1F. The first-order valence-electron chi connectivity index (χ1n) is 4.63. The largest absolute Gasteiger partial charge is 0.469 e. The van der Waals surface area contributed by atoms with Gasteiger partial charge in [-0.3, -0.25) is 9.78 Å². The van der Waals surface area contributed by atoms with Crippen LogP contribution in [0.25, 0.3) is 0 Å². The lowest BCUT2D eigenvalue weighted by molar-refractivity contribution is 0.102. The van der Waals surface area contributed by atoms with Crippen molar-refractivity contribution in [1.82, 2.24) is 4.98 Å². The van der Waals surface area contributed by atoms with E-state index in [0.29, 0.717) is 11.3 Å². The number of aromatic nitrogens is 1. The van der Waals surface area contributed by atoms with Gasteiger partial charge in [0.05, 0.1) is 23.7 Å². The van der Waals surface area contributed by atoms with Gasteiger partial charge in [0.1, 0.15) is 5.76 Å². The van der Waals surface area contributed by atoms with Crippen molar-refractivity contribution in [2.75, 3.05) is 5.32 Å². The number of carbonyl (C=O) groups excluding carboxylic acids is 1. The van der Waals surface area contributed by atoms with Gasteiger partial charge in [0.15, 0.2) is 5.82 Å². The van der Waals surface area contributed by atoms with Crippen LogP contribution in [0.5, 0.6) is 0 Å². The number of pyridine rings is 1.